The summed E-state index contributed by atoms with van der Waals surface area (Å²) in [5.41, 5.74) is 0.619. The molecule has 1 aromatic rings. The number of hydrogen-bond acceptors (Lipinski definition) is 4. The van der Waals surface area contributed by atoms with Crippen LogP contribution in [0.15, 0.2) is 18.2 Å². The van der Waals surface area contributed by atoms with E-state index in [2.05, 4.69) is 17.6 Å². The Balaban J connectivity index is 1.71. The second kappa shape index (κ2) is 9.78. The molecule has 0 aliphatic heterocycles. The number of ether oxygens (including phenoxy) is 1. The van der Waals surface area contributed by atoms with Gasteiger partial charge in [-0.1, -0.05) is 49.0 Å². The van der Waals surface area contributed by atoms with Crippen LogP contribution in [-0.2, 0) is 20.7 Å². The highest BCUT2D eigenvalue weighted by Gasteiger charge is 2.23. The van der Waals surface area contributed by atoms with Gasteiger partial charge in [-0.05, 0) is 36.5 Å². The van der Waals surface area contributed by atoms with Crippen molar-refractivity contribution in [2.45, 2.75) is 45.1 Å². The predicted molar refractivity (Wildman–Crippen MR) is 99.2 cm³/mol. The number of esters is 1. The molecule has 0 heterocycles. The van der Waals surface area contributed by atoms with Crippen molar-refractivity contribution in [3.05, 3.63) is 33.8 Å². The van der Waals surface area contributed by atoms with Crippen LogP contribution in [0.4, 0.5) is 4.79 Å². The SMILES string of the molecule is C[C@@H]1CCCC[C@@H]1NC(=O)NC(=O)COC(=O)Cc1ccc(Cl)c(Cl)c1. The number of carbonyl (C=O) groups is 3. The summed E-state index contributed by atoms with van der Waals surface area (Å²) in [6, 6.07) is 4.29. The number of amides is 3. The van der Waals surface area contributed by atoms with Gasteiger partial charge in [0.15, 0.2) is 6.61 Å². The fraction of sp³-hybridized carbons (Fsp3) is 0.500. The van der Waals surface area contributed by atoms with Crippen molar-refractivity contribution in [1.82, 2.24) is 10.6 Å². The molecule has 0 radical (unpaired) electrons. The van der Waals surface area contributed by atoms with E-state index in [9.17, 15) is 14.4 Å². The molecule has 1 aromatic carbocycles. The Labute approximate surface area is 162 Å². The Hall–Kier alpha value is -1.79. The van der Waals surface area contributed by atoms with E-state index in [0.717, 1.165) is 25.7 Å². The van der Waals surface area contributed by atoms with Crippen LogP contribution < -0.4 is 10.6 Å². The van der Waals surface area contributed by atoms with Gasteiger partial charge in [0.2, 0.25) is 0 Å². The number of benzene rings is 1. The van der Waals surface area contributed by atoms with Crippen molar-refractivity contribution < 1.29 is 19.1 Å². The van der Waals surface area contributed by atoms with Gasteiger partial charge in [-0.2, -0.15) is 0 Å². The third-order valence-corrected chi connectivity index (χ3v) is 5.12. The molecule has 1 fully saturated rings. The minimum Gasteiger partial charge on any atom is -0.455 e. The molecule has 2 N–H and O–H groups in total. The van der Waals surface area contributed by atoms with Gasteiger partial charge in [-0.3, -0.25) is 14.9 Å². The third kappa shape index (κ3) is 6.50. The van der Waals surface area contributed by atoms with Gasteiger partial charge in [0.25, 0.3) is 5.91 Å². The first-order valence-electron chi connectivity index (χ1n) is 8.55. The Morgan fingerprint density at radius 3 is 2.58 bits per heavy atom. The highest BCUT2D eigenvalue weighted by atomic mass is 35.5. The zero-order valence-electron chi connectivity index (χ0n) is 14.5. The highest BCUT2D eigenvalue weighted by molar-refractivity contribution is 6.42. The lowest BCUT2D eigenvalue weighted by Gasteiger charge is -2.29. The van der Waals surface area contributed by atoms with Crippen molar-refractivity contribution in [3.8, 4) is 0 Å². The van der Waals surface area contributed by atoms with Crippen LogP contribution in [-0.4, -0.2) is 30.6 Å². The first-order valence-corrected chi connectivity index (χ1v) is 9.30. The smallest absolute Gasteiger partial charge is 0.321 e. The average molecular weight is 401 g/mol. The van der Waals surface area contributed by atoms with Crippen molar-refractivity contribution in [3.63, 3.8) is 0 Å². The van der Waals surface area contributed by atoms with Gasteiger partial charge in [-0.15, -0.1) is 0 Å². The number of hydrogen-bond donors (Lipinski definition) is 2. The molecule has 6 nitrogen and oxygen atoms in total. The van der Waals surface area contributed by atoms with Crippen molar-refractivity contribution in [2.75, 3.05) is 6.61 Å². The summed E-state index contributed by atoms with van der Waals surface area (Å²) in [7, 11) is 0. The van der Waals surface area contributed by atoms with E-state index in [1.807, 2.05) is 0 Å². The largest absolute Gasteiger partial charge is 0.455 e. The topological polar surface area (TPSA) is 84.5 Å². The van der Waals surface area contributed by atoms with Crippen LogP contribution in [0, 0.1) is 5.92 Å². The van der Waals surface area contributed by atoms with E-state index in [1.54, 1.807) is 18.2 Å². The summed E-state index contributed by atoms with van der Waals surface area (Å²) in [6.07, 6.45) is 4.15. The minimum absolute atomic E-state index is 0.0457. The average Bonchev–Trinajstić information content (AvgIpc) is 2.58. The Morgan fingerprint density at radius 2 is 1.88 bits per heavy atom. The van der Waals surface area contributed by atoms with Gasteiger partial charge in [0, 0.05) is 6.04 Å². The molecule has 26 heavy (non-hydrogen) atoms. The Kier molecular flexibility index (Phi) is 7.72. The summed E-state index contributed by atoms with van der Waals surface area (Å²) >= 11 is 11.7. The van der Waals surface area contributed by atoms with E-state index in [1.165, 1.54) is 0 Å². The monoisotopic (exact) mass is 400 g/mol. The van der Waals surface area contributed by atoms with Crippen molar-refractivity contribution in [2.24, 2.45) is 5.92 Å². The maximum absolute atomic E-state index is 11.9. The summed E-state index contributed by atoms with van der Waals surface area (Å²) < 4.78 is 4.88. The molecule has 2 rings (SSSR count). The minimum atomic E-state index is -0.673. The number of rotatable bonds is 5. The summed E-state index contributed by atoms with van der Waals surface area (Å²) in [5.74, 6) is -0.887. The molecule has 1 aliphatic rings. The predicted octanol–water partition coefficient (Wildman–Crippen LogP) is 3.48. The zero-order chi connectivity index (χ0) is 19.1. The summed E-state index contributed by atoms with van der Waals surface area (Å²) in [5, 5.41) is 5.71. The normalized spacial score (nSPS) is 19.5. The Morgan fingerprint density at radius 1 is 1.15 bits per heavy atom. The van der Waals surface area contributed by atoms with Crippen LogP contribution in [0.5, 0.6) is 0 Å². The van der Waals surface area contributed by atoms with Gasteiger partial charge < -0.3 is 10.1 Å². The number of urea groups is 1. The number of carbonyl (C=O) groups excluding carboxylic acids is 3. The quantitative estimate of drug-likeness (QED) is 0.740. The fourth-order valence-corrected chi connectivity index (χ4v) is 3.23. The van der Waals surface area contributed by atoms with E-state index in [-0.39, 0.29) is 12.5 Å². The molecule has 0 unspecified atom stereocenters. The lowest BCUT2D eigenvalue weighted by Crippen LogP contribution is -2.48. The van der Waals surface area contributed by atoms with E-state index in [0.29, 0.717) is 21.5 Å². The first-order chi connectivity index (χ1) is 12.3. The molecule has 1 saturated carbocycles. The Bertz CT molecular complexity index is 681. The molecule has 0 aromatic heterocycles. The van der Waals surface area contributed by atoms with Gasteiger partial charge in [-0.25, -0.2) is 4.79 Å². The van der Waals surface area contributed by atoms with Crippen molar-refractivity contribution in [1.29, 1.82) is 0 Å². The van der Waals surface area contributed by atoms with E-state index in [4.69, 9.17) is 27.9 Å². The fourth-order valence-electron chi connectivity index (χ4n) is 2.91. The summed E-state index contributed by atoms with van der Waals surface area (Å²) in [6.45, 7) is 1.56. The molecule has 8 heteroatoms. The van der Waals surface area contributed by atoms with Crippen LogP contribution in [0.25, 0.3) is 0 Å². The maximum atomic E-state index is 11.9. The van der Waals surface area contributed by atoms with Crippen LogP contribution in [0.3, 0.4) is 0 Å². The third-order valence-electron chi connectivity index (χ3n) is 4.38. The molecule has 2 atom stereocenters. The van der Waals surface area contributed by atoms with Gasteiger partial charge in [0.1, 0.15) is 0 Å². The molecular weight excluding hydrogens is 379 g/mol. The molecule has 1 aliphatic carbocycles. The van der Waals surface area contributed by atoms with Crippen molar-refractivity contribution >= 4 is 41.1 Å². The first kappa shape index (κ1) is 20.5. The molecule has 0 spiro atoms. The highest BCUT2D eigenvalue weighted by Crippen LogP contribution is 2.24. The number of halogens is 2. The van der Waals surface area contributed by atoms with Crippen LogP contribution in [0.2, 0.25) is 10.0 Å². The van der Waals surface area contributed by atoms with Crippen LogP contribution >= 0.6 is 23.2 Å². The molecule has 0 saturated heterocycles. The lowest BCUT2D eigenvalue weighted by molar-refractivity contribution is -0.147. The molecule has 3 amide bonds. The summed E-state index contributed by atoms with van der Waals surface area (Å²) in [4.78, 5) is 35.4. The molecule has 142 valence electrons. The van der Waals surface area contributed by atoms with E-state index >= 15 is 0 Å². The number of imide groups is 1. The van der Waals surface area contributed by atoms with Gasteiger partial charge >= 0.3 is 12.0 Å². The maximum Gasteiger partial charge on any atom is 0.321 e. The van der Waals surface area contributed by atoms with Gasteiger partial charge in [0.05, 0.1) is 16.5 Å². The standard InChI is InChI=1S/C18H22Cl2N2O4/c1-11-4-2-3-5-15(11)21-18(25)22-16(23)10-26-17(24)9-12-6-7-13(19)14(20)8-12/h6-8,11,15H,2-5,9-10H2,1H3,(H2,21,22,23,25)/t11-,15+/m1/s1. The molecule has 0 bridgehead atoms. The zero-order valence-corrected chi connectivity index (χ0v) is 16.0. The molecular formula is C18H22Cl2N2O4. The van der Waals surface area contributed by atoms with E-state index < -0.39 is 24.5 Å². The second-order valence-corrected chi connectivity index (χ2v) is 7.29. The second-order valence-electron chi connectivity index (χ2n) is 6.48. The van der Waals surface area contributed by atoms with Crippen LogP contribution in [0.1, 0.15) is 38.2 Å². The lowest BCUT2D eigenvalue weighted by atomic mass is 9.86. The number of nitrogens with one attached hydrogen (secondary N) is 2.